The second-order valence-corrected chi connectivity index (χ2v) is 15.9. The Labute approximate surface area is 287 Å². The first-order chi connectivity index (χ1) is 22.9. The second-order valence-electron chi connectivity index (χ2n) is 12.1. The summed E-state index contributed by atoms with van der Waals surface area (Å²) in [5, 5.41) is 20.8. The molecule has 1 heterocycles. The minimum absolute atomic E-state index is 0.242. The topological polar surface area (TPSA) is 123 Å². The summed E-state index contributed by atoms with van der Waals surface area (Å²) in [7, 11) is 2.23. The van der Waals surface area contributed by atoms with Gasteiger partial charge in [-0.25, -0.2) is 0 Å². The van der Waals surface area contributed by atoms with Crippen LogP contribution in [0.2, 0.25) is 0 Å². The quantitative estimate of drug-likeness (QED) is 0.150. The predicted molar refractivity (Wildman–Crippen MR) is 200 cm³/mol. The maximum absolute atomic E-state index is 13.9. The van der Waals surface area contributed by atoms with Crippen LogP contribution < -0.4 is 25.0 Å². The zero-order chi connectivity index (χ0) is 35.0. The van der Waals surface area contributed by atoms with Crippen LogP contribution >= 0.6 is 18.2 Å². The number of hydrogen-bond donors (Lipinski definition) is 4. The molecule has 256 valence electrons. The Morgan fingerprint density at radius 2 is 1.73 bits per heavy atom. The van der Waals surface area contributed by atoms with Gasteiger partial charge in [0.1, 0.15) is 24.1 Å². The van der Waals surface area contributed by atoms with Gasteiger partial charge in [0.2, 0.25) is 5.91 Å². The van der Waals surface area contributed by atoms with E-state index in [4.69, 9.17) is 4.74 Å². The Kier molecular flexibility index (Phi) is 12.9. The van der Waals surface area contributed by atoms with E-state index in [9.17, 15) is 19.5 Å². The number of benzene rings is 3. The van der Waals surface area contributed by atoms with Crippen LogP contribution in [0.15, 0.2) is 72.8 Å². The van der Waals surface area contributed by atoms with Gasteiger partial charge >= 0.3 is 0 Å². The summed E-state index contributed by atoms with van der Waals surface area (Å²) < 4.78 is 7.15. The molecule has 0 radical (unpaired) electrons. The highest BCUT2D eigenvalue weighted by atomic mass is 32.2. The molecule has 0 saturated carbocycles. The van der Waals surface area contributed by atoms with Crippen molar-refractivity contribution in [3.63, 3.8) is 0 Å². The maximum Gasteiger partial charge on any atom is 0.251 e. The number of aliphatic hydroxyl groups is 1. The van der Waals surface area contributed by atoms with Gasteiger partial charge in [-0.05, 0) is 54.6 Å². The molecular weight excluding hydrogens is 645 g/mol. The number of methoxy groups -OCH3 is 1. The monoisotopic (exact) mass is 692 g/mol. The van der Waals surface area contributed by atoms with E-state index in [2.05, 4.69) is 28.1 Å². The minimum atomic E-state index is -1.21. The number of nitrogens with one attached hydrogen (secondary N) is 3. The van der Waals surface area contributed by atoms with Gasteiger partial charge in [-0.2, -0.15) is 0 Å². The molecule has 1 fully saturated rings. The SMILES string of the molecule is C=[P+](C)CC(NC(=O)c1cc(C(=O)NC(C)c2ccccc2)cc(N(C)S(=C)C)c1)C(O)C1NCCN(Cc2ccc(OC)cc2)C1=O. The largest absolute Gasteiger partial charge is 0.497 e. The van der Waals surface area contributed by atoms with E-state index in [0.29, 0.717) is 37.0 Å². The van der Waals surface area contributed by atoms with Crippen molar-refractivity contribution in [2.24, 2.45) is 0 Å². The Morgan fingerprint density at radius 1 is 1.10 bits per heavy atom. The predicted octanol–water partition coefficient (Wildman–Crippen LogP) is 3.87. The number of anilines is 1. The molecule has 0 aromatic heterocycles. The fourth-order valence-electron chi connectivity index (χ4n) is 5.52. The summed E-state index contributed by atoms with van der Waals surface area (Å²) in [5.74, 6) is 3.82. The molecule has 0 spiro atoms. The average Bonchev–Trinajstić information content (AvgIpc) is 3.08. The van der Waals surface area contributed by atoms with E-state index in [0.717, 1.165) is 16.9 Å². The number of amides is 3. The van der Waals surface area contributed by atoms with Crippen molar-refractivity contribution < 1.29 is 24.2 Å². The summed E-state index contributed by atoms with van der Waals surface area (Å²) >= 11 is 0. The molecule has 12 heteroatoms. The first-order valence-electron chi connectivity index (χ1n) is 15.7. The van der Waals surface area contributed by atoms with E-state index in [1.165, 1.54) is 0 Å². The molecule has 1 saturated heterocycles. The number of nitrogens with zero attached hydrogens (tertiary/aromatic N) is 2. The van der Waals surface area contributed by atoms with E-state index in [-0.39, 0.29) is 23.4 Å². The molecule has 6 unspecified atom stereocenters. The number of ether oxygens (including phenoxy) is 1. The highest BCUT2D eigenvalue weighted by molar-refractivity contribution is 8.14. The Hall–Kier alpha value is -4.02. The van der Waals surface area contributed by atoms with Crippen molar-refractivity contribution in [1.29, 1.82) is 0 Å². The lowest BCUT2D eigenvalue weighted by Gasteiger charge is -2.37. The summed E-state index contributed by atoms with van der Waals surface area (Å²) in [6.45, 7) is 5.23. The molecule has 6 atom stereocenters. The molecule has 1 aliphatic rings. The Morgan fingerprint density at radius 3 is 2.31 bits per heavy atom. The number of hydrogen-bond acceptors (Lipinski definition) is 7. The van der Waals surface area contributed by atoms with Crippen LogP contribution in [-0.4, -0.2) is 104 Å². The lowest BCUT2D eigenvalue weighted by atomic mass is 9.99. The van der Waals surface area contributed by atoms with E-state index < -0.39 is 42.3 Å². The molecule has 4 rings (SSSR count). The number of piperazine rings is 1. The van der Waals surface area contributed by atoms with Crippen molar-refractivity contribution in [2.45, 2.75) is 37.7 Å². The second kappa shape index (κ2) is 16.9. The fourth-order valence-corrected chi connectivity index (χ4v) is 6.97. The van der Waals surface area contributed by atoms with E-state index in [1.807, 2.05) is 85.8 Å². The normalized spacial score (nSPS) is 17.5. The van der Waals surface area contributed by atoms with Gasteiger partial charge in [-0.1, -0.05) is 48.3 Å². The minimum Gasteiger partial charge on any atom is -0.497 e. The maximum atomic E-state index is 13.9. The van der Waals surface area contributed by atoms with E-state index >= 15 is 0 Å². The van der Waals surface area contributed by atoms with Gasteiger partial charge in [-0.3, -0.25) is 14.4 Å². The first-order valence-corrected chi connectivity index (χ1v) is 19.7. The molecule has 3 amide bonds. The van der Waals surface area contributed by atoms with E-state index in [1.54, 1.807) is 30.2 Å². The van der Waals surface area contributed by atoms with Gasteiger partial charge in [-0.15, -0.1) is 10.7 Å². The zero-order valence-corrected chi connectivity index (χ0v) is 30.0. The van der Waals surface area contributed by atoms with Crippen molar-refractivity contribution in [2.75, 3.05) is 50.6 Å². The molecule has 4 N–H and O–H groups in total. The Bertz CT molecular complexity index is 1640. The smallest absolute Gasteiger partial charge is 0.251 e. The van der Waals surface area contributed by atoms with Crippen molar-refractivity contribution in [3.05, 3.63) is 95.1 Å². The van der Waals surface area contributed by atoms with Crippen LogP contribution in [0.1, 0.15) is 44.8 Å². The third-order valence-corrected chi connectivity index (χ3v) is 10.5. The lowest BCUT2D eigenvalue weighted by Crippen LogP contribution is -2.64. The van der Waals surface area contributed by atoms with Gasteiger partial charge in [0.25, 0.3) is 11.8 Å². The van der Waals surface area contributed by atoms with Crippen LogP contribution in [0, 0.1) is 0 Å². The zero-order valence-electron chi connectivity index (χ0n) is 28.3. The van der Waals surface area contributed by atoms with Crippen LogP contribution in [0.5, 0.6) is 5.75 Å². The van der Waals surface area contributed by atoms with Crippen molar-refractivity contribution in [1.82, 2.24) is 20.9 Å². The number of carbonyl (C=O) groups excluding carboxylic acids is 3. The molecule has 1 aliphatic heterocycles. The van der Waals surface area contributed by atoms with Gasteiger partial charge in [0.15, 0.2) is 0 Å². The highest BCUT2D eigenvalue weighted by Gasteiger charge is 2.40. The van der Waals surface area contributed by atoms with Crippen LogP contribution in [0.25, 0.3) is 0 Å². The summed E-state index contributed by atoms with van der Waals surface area (Å²) in [5.41, 5.74) is 3.14. The first kappa shape index (κ1) is 36.8. The summed E-state index contributed by atoms with van der Waals surface area (Å²) in [4.78, 5) is 42.7. The average molecular weight is 693 g/mol. The van der Waals surface area contributed by atoms with Crippen LogP contribution in [0.4, 0.5) is 5.69 Å². The number of aliphatic hydroxyl groups excluding tert-OH is 1. The standard InChI is InChI=1S/C36H46N5O5PS/c1-24(26-11-9-8-10-12-26)38-34(43)27-19-28(21-29(20-27)40(2)48(6)7)35(44)39-31(23-47(4)5)33(42)32-36(45)41(18-17-37-32)22-25-13-15-30(46-3)16-14-25/h8-16,19-21,24,31-33,37,42H,4,6,17-18,22-23H2,1-3,5,7H3,(H-,38,39,43,44)/p+1. The van der Waals surface area contributed by atoms with Gasteiger partial charge < -0.3 is 35.0 Å². The van der Waals surface area contributed by atoms with Gasteiger partial charge in [0, 0.05) is 43.5 Å². The number of carbonyl (C=O) groups is 3. The molecule has 10 nitrogen and oxygen atoms in total. The third kappa shape index (κ3) is 9.54. The van der Waals surface area contributed by atoms with Crippen LogP contribution in [-0.2, 0) is 11.3 Å². The van der Waals surface area contributed by atoms with Crippen molar-refractivity contribution in [3.8, 4) is 5.75 Å². The molecular formula is C36H47N5O5PS+. The molecule has 0 bridgehead atoms. The summed E-state index contributed by atoms with van der Waals surface area (Å²) in [6, 6.07) is 20.2. The van der Waals surface area contributed by atoms with Crippen LogP contribution in [0.3, 0.4) is 0 Å². The lowest BCUT2D eigenvalue weighted by molar-refractivity contribution is -0.140. The molecule has 48 heavy (non-hydrogen) atoms. The third-order valence-electron chi connectivity index (χ3n) is 8.36. The fraction of sp³-hybridized carbons (Fsp3) is 0.361. The van der Waals surface area contributed by atoms with Crippen molar-refractivity contribution >= 4 is 53.8 Å². The highest BCUT2D eigenvalue weighted by Crippen LogP contribution is 2.27. The van der Waals surface area contributed by atoms with Gasteiger partial charge in [0.05, 0.1) is 39.7 Å². The molecule has 0 aliphatic carbocycles. The number of rotatable bonds is 14. The molecule has 3 aromatic carbocycles. The molecule has 3 aromatic rings. The summed E-state index contributed by atoms with van der Waals surface area (Å²) in [6.07, 6.45) is 5.27. The Balaban J connectivity index is 1.56.